The Morgan fingerprint density at radius 2 is 1.47 bits per heavy atom. The van der Waals surface area contributed by atoms with Crippen LogP contribution in [0.25, 0.3) is 11.3 Å². The van der Waals surface area contributed by atoms with E-state index in [1.54, 1.807) is 18.4 Å². The van der Waals surface area contributed by atoms with Crippen LogP contribution in [-0.2, 0) is 27.2 Å². The third kappa shape index (κ3) is 7.46. The van der Waals surface area contributed by atoms with E-state index in [4.69, 9.17) is 9.15 Å². The van der Waals surface area contributed by atoms with E-state index in [2.05, 4.69) is 5.32 Å². The number of carbonyl (C=O) groups is 3. The maximum Gasteiger partial charge on any atom is 0.328 e. The van der Waals surface area contributed by atoms with Crippen LogP contribution in [0.15, 0.2) is 108 Å². The highest BCUT2D eigenvalue weighted by Gasteiger charge is 2.27. The highest BCUT2D eigenvalue weighted by molar-refractivity contribution is 8.14. The van der Waals surface area contributed by atoms with E-state index in [1.165, 1.54) is 7.11 Å². The van der Waals surface area contributed by atoms with Gasteiger partial charge >= 0.3 is 5.97 Å². The molecule has 4 rings (SSSR count). The van der Waals surface area contributed by atoms with Gasteiger partial charge in [0.15, 0.2) is 0 Å². The van der Waals surface area contributed by atoms with Crippen LogP contribution in [0.2, 0.25) is 0 Å². The number of hydrogen-bond donors (Lipinski definition) is 1. The molecule has 0 spiro atoms. The lowest BCUT2D eigenvalue weighted by Gasteiger charge is -2.21. The molecular weight excluding hydrogens is 498 g/mol. The maximum atomic E-state index is 13.5. The quantitative estimate of drug-likeness (QED) is 0.256. The minimum Gasteiger partial charge on any atom is -0.467 e. The summed E-state index contributed by atoms with van der Waals surface area (Å²) in [7, 11) is 1.30. The summed E-state index contributed by atoms with van der Waals surface area (Å²) in [5, 5.41) is 2.79. The predicted molar refractivity (Wildman–Crippen MR) is 149 cm³/mol. The lowest BCUT2D eigenvalue weighted by molar-refractivity contribution is -0.145. The number of ether oxygens (including phenoxy) is 1. The van der Waals surface area contributed by atoms with E-state index < -0.39 is 17.9 Å². The third-order valence-electron chi connectivity index (χ3n) is 6.12. The number of furan rings is 1. The Balaban J connectivity index is 1.46. The maximum absolute atomic E-state index is 13.5. The van der Waals surface area contributed by atoms with Crippen LogP contribution in [0.1, 0.15) is 21.5 Å². The summed E-state index contributed by atoms with van der Waals surface area (Å²) in [6.07, 6.45) is 2.32. The zero-order chi connectivity index (χ0) is 26.7. The van der Waals surface area contributed by atoms with Crippen LogP contribution in [-0.4, -0.2) is 35.9 Å². The minimum absolute atomic E-state index is 0.0994. The van der Waals surface area contributed by atoms with E-state index in [9.17, 15) is 14.4 Å². The molecule has 0 saturated carbocycles. The Morgan fingerprint density at radius 1 is 0.816 bits per heavy atom. The molecule has 4 aromatic rings. The Morgan fingerprint density at radius 3 is 2.11 bits per heavy atom. The van der Waals surface area contributed by atoms with Crippen LogP contribution in [0.5, 0.6) is 0 Å². The third-order valence-corrected chi connectivity index (χ3v) is 7.19. The zero-order valence-corrected chi connectivity index (χ0v) is 21.9. The van der Waals surface area contributed by atoms with E-state index in [1.807, 2.05) is 84.9 Å². The average molecular weight is 528 g/mol. The van der Waals surface area contributed by atoms with Crippen molar-refractivity contribution in [3.8, 4) is 11.3 Å². The Hall–Kier alpha value is -4.10. The number of hydrogen-bond acceptors (Lipinski definition) is 6. The van der Waals surface area contributed by atoms with E-state index in [0.29, 0.717) is 12.0 Å². The second-order valence-electron chi connectivity index (χ2n) is 8.81. The van der Waals surface area contributed by atoms with Gasteiger partial charge in [0.05, 0.1) is 19.3 Å². The highest BCUT2D eigenvalue weighted by Crippen LogP contribution is 2.22. The van der Waals surface area contributed by atoms with Gasteiger partial charge in [-0.3, -0.25) is 9.59 Å². The molecule has 6 nitrogen and oxygen atoms in total. The Labute approximate surface area is 226 Å². The van der Waals surface area contributed by atoms with Crippen molar-refractivity contribution in [1.29, 1.82) is 0 Å². The van der Waals surface area contributed by atoms with Crippen molar-refractivity contribution in [2.75, 3.05) is 12.9 Å². The van der Waals surface area contributed by atoms with Gasteiger partial charge in [0, 0.05) is 23.3 Å². The van der Waals surface area contributed by atoms with Gasteiger partial charge in [-0.1, -0.05) is 96.7 Å². The molecule has 0 aliphatic rings. The number of esters is 1. The molecule has 3 aromatic carbocycles. The molecule has 2 atom stereocenters. The van der Waals surface area contributed by atoms with Crippen molar-refractivity contribution in [1.82, 2.24) is 5.32 Å². The topological polar surface area (TPSA) is 85.6 Å². The van der Waals surface area contributed by atoms with Crippen molar-refractivity contribution in [3.05, 3.63) is 120 Å². The highest BCUT2D eigenvalue weighted by atomic mass is 32.2. The molecule has 194 valence electrons. The van der Waals surface area contributed by atoms with Gasteiger partial charge in [-0.25, -0.2) is 4.79 Å². The van der Waals surface area contributed by atoms with Gasteiger partial charge in [0.25, 0.3) is 0 Å². The normalized spacial score (nSPS) is 12.3. The largest absolute Gasteiger partial charge is 0.467 e. The first-order valence-corrected chi connectivity index (χ1v) is 13.3. The first-order chi connectivity index (χ1) is 18.5. The van der Waals surface area contributed by atoms with Crippen LogP contribution >= 0.6 is 11.8 Å². The summed E-state index contributed by atoms with van der Waals surface area (Å²) in [5.41, 5.74) is 3.34. The van der Waals surface area contributed by atoms with E-state index >= 15 is 0 Å². The van der Waals surface area contributed by atoms with Crippen LogP contribution in [0.3, 0.4) is 0 Å². The molecule has 1 aromatic heterocycles. The monoisotopic (exact) mass is 527 g/mol. The van der Waals surface area contributed by atoms with E-state index in [-0.39, 0.29) is 23.2 Å². The van der Waals surface area contributed by atoms with Gasteiger partial charge in [-0.05, 0) is 29.7 Å². The second kappa shape index (κ2) is 13.4. The van der Waals surface area contributed by atoms with Gasteiger partial charge in [0.1, 0.15) is 11.8 Å². The molecule has 0 unspecified atom stereocenters. The first-order valence-electron chi connectivity index (χ1n) is 12.3. The fourth-order valence-electron chi connectivity index (χ4n) is 4.07. The molecule has 7 heteroatoms. The minimum atomic E-state index is -0.866. The second-order valence-corrected chi connectivity index (χ2v) is 9.81. The van der Waals surface area contributed by atoms with Crippen molar-refractivity contribution >= 4 is 28.8 Å². The number of carbonyl (C=O) groups excluding carboxylic acids is 3. The zero-order valence-electron chi connectivity index (χ0n) is 21.0. The summed E-state index contributed by atoms with van der Waals surface area (Å²) >= 11 is 1.11. The summed E-state index contributed by atoms with van der Waals surface area (Å²) < 4.78 is 10.4. The number of benzene rings is 3. The van der Waals surface area contributed by atoms with E-state index in [0.717, 1.165) is 34.2 Å². The molecular formula is C31H29NO5S. The van der Waals surface area contributed by atoms with Crippen molar-refractivity contribution in [2.45, 2.75) is 18.9 Å². The number of thioether (sulfide) groups is 1. The molecule has 1 heterocycles. The molecule has 38 heavy (non-hydrogen) atoms. The Bertz CT molecular complexity index is 1320. The fourth-order valence-corrected chi connectivity index (χ4v) is 4.99. The lowest BCUT2D eigenvalue weighted by atomic mass is 9.98. The number of rotatable bonds is 11. The summed E-state index contributed by atoms with van der Waals surface area (Å²) in [6, 6.07) is 29.1. The summed E-state index contributed by atoms with van der Waals surface area (Å²) in [6.45, 7) is 0. The summed E-state index contributed by atoms with van der Waals surface area (Å²) in [4.78, 5) is 38.8. The molecule has 0 aliphatic carbocycles. The molecule has 0 fully saturated rings. The van der Waals surface area contributed by atoms with Gasteiger partial charge in [0.2, 0.25) is 11.0 Å². The van der Waals surface area contributed by atoms with Crippen LogP contribution in [0.4, 0.5) is 0 Å². The molecule has 0 bridgehead atoms. The SMILES string of the molecule is COC(=O)[C@H](Cc1ccc(-c2ccco2)cc1)NC(=O)[C@@H](CSC(=O)c1ccccc1)Cc1ccccc1. The van der Waals surface area contributed by atoms with Crippen molar-refractivity contribution in [3.63, 3.8) is 0 Å². The standard InChI is InChI=1S/C31H29NO5S/c1-36-30(34)27(20-23-14-16-24(17-15-23)28-13-8-18-37-28)32-29(33)26(19-22-9-4-2-5-10-22)21-38-31(35)25-11-6-3-7-12-25/h2-18,26-27H,19-21H2,1H3,(H,32,33)/t26-,27+/m1/s1. The number of methoxy groups -OCH3 is 1. The number of nitrogens with one attached hydrogen (secondary N) is 1. The molecule has 0 aliphatic heterocycles. The lowest BCUT2D eigenvalue weighted by Crippen LogP contribution is -2.46. The van der Waals surface area contributed by atoms with Crippen LogP contribution < -0.4 is 5.32 Å². The molecule has 1 N–H and O–H groups in total. The fraction of sp³-hybridized carbons (Fsp3) is 0.194. The molecule has 0 radical (unpaired) electrons. The van der Waals surface area contributed by atoms with Gasteiger partial charge in [-0.2, -0.15) is 0 Å². The van der Waals surface area contributed by atoms with Gasteiger partial charge in [-0.15, -0.1) is 0 Å². The predicted octanol–water partition coefficient (Wildman–Crippen LogP) is 5.58. The smallest absolute Gasteiger partial charge is 0.328 e. The van der Waals surface area contributed by atoms with Crippen LogP contribution in [0, 0.1) is 5.92 Å². The Kier molecular flexibility index (Phi) is 9.54. The molecule has 1 amide bonds. The summed E-state index contributed by atoms with van der Waals surface area (Å²) in [5.74, 6) is -0.325. The molecule has 0 saturated heterocycles. The van der Waals surface area contributed by atoms with Crippen molar-refractivity contribution < 1.29 is 23.5 Å². The van der Waals surface area contributed by atoms with Crippen molar-refractivity contribution in [2.24, 2.45) is 5.92 Å². The van der Waals surface area contributed by atoms with Gasteiger partial charge < -0.3 is 14.5 Å². The first kappa shape index (κ1) is 26.9. The number of amides is 1. The average Bonchev–Trinajstić information content (AvgIpc) is 3.51.